The topological polar surface area (TPSA) is 78.9 Å². The Labute approximate surface area is 153 Å². The monoisotopic (exact) mass is 424 g/mol. The van der Waals surface area contributed by atoms with E-state index < -0.39 is 10.1 Å². The SMILES string of the molecule is COc1ccc(Br)cc1/C=C1\Oc2cc(OS(C)(=O)=O)ccc2C1=O. The first-order valence-corrected chi connectivity index (χ1v) is 9.69. The van der Waals surface area contributed by atoms with Gasteiger partial charge in [0.25, 0.3) is 0 Å². The van der Waals surface area contributed by atoms with Crippen LogP contribution >= 0.6 is 15.9 Å². The number of carbonyl (C=O) groups is 1. The second kappa shape index (κ2) is 6.53. The summed E-state index contributed by atoms with van der Waals surface area (Å²) >= 11 is 3.37. The van der Waals surface area contributed by atoms with Crippen LogP contribution in [0.5, 0.6) is 17.2 Å². The lowest BCUT2D eigenvalue weighted by atomic mass is 10.1. The predicted molar refractivity (Wildman–Crippen MR) is 95.5 cm³/mol. The van der Waals surface area contributed by atoms with Gasteiger partial charge in [-0.1, -0.05) is 15.9 Å². The molecule has 3 rings (SSSR count). The standard InChI is InChI=1S/C17H13BrO6S/c1-22-14-6-3-11(18)7-10(14)8-16-17(19)13-5-4-12(9-15(13)23-16)24-25(2,20)21/h3-9H,1-2H3/b16-8-. The molecule has 0 bridgehead atoms. The molecule has 0 amide bonds. The third-order valence-electron chi connectivity index (χ3n) is 3.37. The molecule has 0 saturated carbocycles. The normalized spacial score (nSPS) is 15.0. The highest BCUT2D eigenvalue weighted by molar-refractivity contribution is 9.10. The highest BCUT2D eigenvalue weighted by atomic mass is 79.9. The first kappa shape index (κ1) is 17.5. The largest absolute Gasteiger partial charge is 0.496 e. The van der Waals surface area contributed by atoms with Crippen LogP contribution in [0, 0.1) is 0 Å². The number of halogens is 1. The van der Waals surface area contributed by atoms with Crippen LogP contribution in [0.15, 0.2) is 46.6 Å². The minimum atomic E-state index is -3.66. The van der Waals surface area contributed by atoms with Crippen LogP contribution in [0.2, 0.25) is 0 Å². The van der Waals surface area contributed by atoms with E-state index in [4.69, 9.17) is 13.7 Å². The summed E-state index contributed by atoms with van der Waals surface area (Å²) in [6, 6.07) is 9.63. The van der Waals surface area contributed by atoms with Gasteiger partial charge in [-0.3, -0.25) is 4.79 Å². The fraction of sp³-hybridized carbons (Fsp3) is 0.118. The van der Waals surface area contributed by atoms with Crippen LogP contribution in [0.3, 0.4) is 0 Å². The van der Waals surface area contributed by atoms with E-state index in [0.29, 0.717) is 16.9 Å². The summed E-state index contributed by atoms with van der Waals surface area (Å²) in [4.78, 5) is 12.5. The van der Waals surface area contributed by atoms with Gasteiger partial charge in [0.2, 0.25) is 5.78 Å². The van der Waals surface area contributed by atoms with E-state index in [0.717, 1.165) is 10.7 Å². The smallest absolute Gasteiger partial charge is 0.306 e. The van der Waals surface area contributed by atoms with Crippen LogP contribution in [0.1, 0.15) is 15.9 Å². The molecule has 2 aromatic carbocycles. The maximum absolute atomic E-state index is 12.5. The van der Waals surface area contributed by atoms with Crippen molar-refractivity contribution in [2.45, 2.75) is 0 Å². The van der Waals surface area contributed by atoms with E-state index in [1.54, 1.807) is 18.2 Å². The van der Waals surface area contributed by atoms with E-state index in [2.05, 4.69) is 15.9 Å². The molecule has 0 N–H and O–H groups in total. The molecular formula is C17H13BrO6S. The van der Waals surface area contributed by atoms with Crippen molar-refractivity contribution in [3.63, 3.8) is 0 Å². The number of fused-ring (bicyclic) bond motifs is 1. The second-order valence-corrected chi connectivity index (χ2v) is 7.76. The van der Waals surface area contributed by atoms with Gasteiger partial charge in [0.1, 0.15) is 17.2 Å². The Morgan fingerprint density at radius 3 is 2.60 bits per heavy atom. The first-order valence-electron chi connectivity index (χ1n) is 7.08. The number of methoxy groups -OCH3 is 1. The Bertz CT molecular complexity index is 994. The van der Waals surface area contributed by atoms with Gasteiger partial charge in [-0.25, -0.2) is 0 Å². The predicted octanol–water partition coefficient (Wildman–Crippen LogP) is 3.41. The quantitative estimate of drug-likeness (QED) is 0.552. The fourth-order valence-electron chi connectivity index (χ4n) is 2.35. The lowest BCUT2D eigenvalue weighted by Crippen LogP contribution is -2.05. The zero-order valence-electron chi connectivity index (χ0n) is 13.3. The number of allylic oxidation sites excluding steroid dienone is 1. The molecule has 1 heterocycles. The Balaban J connectivity index is 1.96. The van der Waals surface area contributed by atoms with Gasteiger partial charge >= 0.3 is 10.1 Å². The molecule has 25 heavy (non-hydrogen) atoms. The lowest BCUT2D eigenvalue weighted by Gasteiger charge is -2.06. The second-order valence-electron chi connectivity index (χ2n) is 5.27. The summed E-state index contributed by atoms with van der Waals surface area (Å²) in [5, 5.41) is 0. The Morgan fingerprint density at radius 1 is 1.16 bits per heavy atom. The number of hydrogen-bond acceptors (Lipinski definition) is 6. The maximum atomic E-state index is 12.5. The van der Waals surface area contributed by atoms with Crippen molar-refractivity contribution in [1.82, 2.24) is 0 Å². The van der Waals surface area contributed by atoms with Gasteiger partial charge in [0.15, 0.2) is 5.76 Å². The highest BCUT2D eigenvalue weighted by Gasteiger charge is 2.28. The van der Waals surface area contributed by atoms with Crippen LogP contribution in [-0.2, 0) is 10.1 Å². The molecule has 1 aliphatic rings. The zero-order valence-corrected chi connectivity index (χ0v) is 15.7. The van der Waals surface area contributed by atoms with Gasteiger partial charge in [-0.15, -0.1) is 0 Å². The summed E-state index contributed by atoms with van der Waals surface area (Å²) in [7, 11) is -2.13. The average molecular weight is 425 g/mol. The molecule has 0 saturated heterocycles. The van der Waals surface area contributed by atoms with E-state index in [9.17, 15) is 13.2 Å². The fourth-order valence-corrected chi connectivity index (χ4v) is 3.19. The molecule has 8 heteroatoms. The summed E-state index contributed by atoms with van der Waals surface area (Å²) in [5.74, 6) is 0.719. The third kappa shape index (κ3) is 3.85. The number of ketones is 1. The molecule has 2 aromatic rings. The Morgan fingerprint density at radius 2 is 1.92 bits per heavy atom. The van der Waals surface area contributed by atoms with Crippen molar-refractivity contribution in [3.8, 4) is 17.2 Å². The Kier molecular flexibility index (Phi) is 4.57. The summed E-state index contributed by atoms with van der Waals surface area (Å²) in [6.07, 6.45) is 2.51. The lowest BCUT2D eigenvalue weighted by molar-refractivity contribution is 0.101. The van der Waals surface area contributed by atoms with Crippen molar-refractivity contribution in [3.05, 3.63) is 57.8 Å². The molecule has 0 aliphatic carbocycles. The van der Waals surface area contributed by atoms with Gasteiger partial charge in [-0.2, -0.15) is 8.42 Å². The molecular weight excluding hydrogens is 412 g/mol. The minimum Gasteiger partial charge on any atom is -0.496 e. The first-order chi connectivity index (χ1) is 11.8. The van der Waals surface area contributed by atoms with Crippen LogP contribution in [-0.4, -0.2) is 27.6 Å². The van der Waals surface area contributed by atoms with Crippen LogP contribution < -0.4 is 13.7 Å². The number of ether oxygens (including phenoxy) is 2. The van der Waals surface area contributed by atoms with E-state index >= 15 is 0 Å². The molecule has 0 fully saturated rings. The van der Waals surface area contributed by atoms with Crippen molar-refractivity contribution < 1.29 is 26.9 Å². The zero-order chi connectivity index (χ0) is 18.2. The molecule has 0 spiro atoms. The molecule has 0 atom stereocenters. The van der Waals surface area contributed by atoms with E-state index in [1.165, 1.54) is 25.3 Å². The van der Waals surface area contributed by atoms with Crippen LogP contribution in [0.25, 0.3) is 6.08 Å². The molecule has 1 aliphatic heterocycles. The van der Waals surface area contributed by atoms with E-state index in [-0.39, 0.29) is 23.0 Å². The minimum absolute atomic E-state index is 0.0790. The third-order valence-corrected chi connectivity index (χ3v) is 4.36. The van der Waals surface area contributed by atoms with Crippen molar-refractivity contribution in [2.75, 3.05) is 13.4 Å². The van der Waals surface area contributed by atoms with Crippen molar-refractivity contribution in [2.24, 2.45) is 0 Å². The summed E-state index contributed by atoms with van der Waals surface area (Å²) in [5.41, 5.74) is 1.00. The highest BCUT2D eigenvalue weighted by Crippen LogP contribution is 2.36. The summed E-state index contributed by atoms with van der Waals surface area (Å²) < 4.78 is 38.9. The van der Waals surface area contributed by atoms with Gasteiger partial charge in [-0.05, 0) is 36.4 Å². The molecule has 0 aromatic heterocycles. The van der Waals surface area contributed by atoms with E-state index in [1.807, 2.05) is 6.07 Å². The average Bonchev–Trinajstić information content (AvgIpc) is 2.82. The van der Waals surface area contributed by atoms with Crippen molar-refractivity contribution >= 4 is 37.9 Å². The van der Waals surface area contributed by atoms with Crippen LogP contribution in [0.4, 0.5) is 0 Å². The number of Topliss-reactive ketones (excluding diaryl/α,β-unsaturated/α-hetero) is 1. The maximum Gasteiger partial charge on any atom is 0.306 e. The Hall–Kier alpha value is -2.32. The molecule has 0 radical (unpaired) electrons. The number of rotatable bonds is 4. The number of carbonyl (C=O) groups excluding carboxylic acids is 1. The molecule has 0 unspecified atom stereocenters. The van der Waals surface area contributed by atoms with Gasteiger partial charge in [0.05, 0.1) is 18.9 Å². The number of benzene rings is 2. The summed E-state index contributed by atoms with van der Waals surface area (Å²) in [6.45, 7) is 0. The molecule has 6 nitrogen and oxygen atoms in total. The number of hydrogen-bond donors (Lipinski definition) is 0. The van der Waals surface area contributed by atoms with Gasteiger partial charge in [0, 0.05) is 16.1 Å². The van der Waals surface area contributed by atoms with Gasteiger partial charge < -0.3 is 13.7 Å². The molecule has 130 valence electrons. The van der Waals surface area contributed by atoms with Crippen molar-refractivity contribution in [1.29, 1.82) is 0 Å².